The lowest BCUT2D eigenvalue weighted by Crippen LogP contribution is -2.38. The molecule has 1 heterocycles. The highest BCUT2D eigenvalue weighted by atomic mass is 35.5. The van der Waals surface area contributed by atoms with E-state index >= 15 is 0 Å². The van der Waals surface area contributed by atoms with Crippen LogP contribution in [-0.4, -0.2) is 28.6 Å². The van der Waals surface area contributed by atoms with Crippen LogP contribution in [0.2, 0.25) is 0 Å². The number of ether oxygens (including phenoxy) is 1. The summed E-state index contributed by atoms with van der Waals surface area (Å²) in [6, 6.07) is -1.00. The number of allylic oxidation sites excluding steroid dienone is 1. The summed E-state index contributed by atoms with van der Waals surface area (Å²) in [6.07, 6.45) is 2.83. The second-order valence-electron chi connectivity index (χ2n) is 2.39. The number of hydrogen-bond donors (Lipinski definition) is 0. The average Bonchev–Trinajstić information content (AvgIpc) is 2.08. The Labute approximate surface area is 90.3 Å². The fourth-order valence-electron chi connectivity index (χ4n) is 0.845. The molecule has 6 heteroatoms. The van der Waals surface area contributed by atoms with Crippen LogP contribution < -0.4 is 0 Å². The van der Waals surface area contributed by atoms with E-state index in [9.17, 15) is 4.79 Å². The number of dihydropyridines is 1. The zero-order valence-corrected chi connectivity index (χ0v) is 8.90. The maximum atomic E-state index is 11.1. The molecule has 1 aliphatic heterocycles. The lowest BCUT2D eigenvalue weighted by Gasteiger charge is -2.24. The first kappa shape index (κ1) is 10.8. The summed E-state index contributed by atoms with van der Waals surface area (Å²) >= 11 is 17.2. The molecule has 0 aromatic rings. The van der Waals surface area contributed by atoms with Gasteiger partial charge in [-0.15, -0.1) is 0 Å². The fraction of sp³-hybridized carbons (Fsp3) is 0.429. The van der Waals surface area contributed by atoms with Crippen LogP contribution in [-0.2, 0) is 9.53 Å². The van der Waals surface area contributed by atoms with E-state index in [2.05, 4.69) is 9.73 Å². The zero-order chi connectivity index (χ0) is 10.1. The summed E-state index contributed by atoms with van der Waals surface area (Å²) in [5.41, 5.74) is 0. The van der Waals surface area contributed by atoms with Crippen molar-refractivity contribution in [1.82, 2.24) is 0 Å². The molecule has 1 rings (SSSR count). The van der Waals surface area contributed by atoms with Gasteiger partial charge in [0.25, 0.3) is 0 Å². The molecular formula is C7H6Cl3NO2. The molecular weight excluding hydrogens is 236 g/mol. The number of carbonyl (C=O) groups is 1. The van der Waals surface area contributed by atoms with Crippen molar-refractivity contribution in [1.29, 1.82) is 0 Å². The van der Waals surface area contributed by atoms with E-state index in [0.29, 0.717) is 0 Å². The second-order valence-corrected chi connectivity index (χ2v) is 4.22. The van der Waals surface area contributed by atoms with Gasteiger partial charge in [-0.2, -0.15) is 0 Å². The van der Waals surface area contributed by atoms with Crippen molar-refractivity contribution in [3.8, 4) is 0 Å². The van der Waals surface area contributed by atoms with Crippen molar-refractivity contribution in [2.45, 2.75) is 10.4 Å². The van der Waals surface area contributed by atoms with Crippen molar-refractivity contribution in [3.05, 3.63) is 12.2 Å². The van der Waals surface area contributed by atoms with Crippen molar-refractivity contribution in [3.63, 3.8) is 0 Å². The summed E-state index contributed by atoms with van der Waals surface area (Å²) in [7, 11) is 1.23. The van der Waals surface area contributed by atoms with Gasteiger partial charge in [-0.05, 0) is 12.2 Å². The minimum absolute atomic E-state index is 0.173. The van der Waals surface area contributed by atoms with Gasteiger partial charge in [-0.1, -0.05) is 34.8 Å². The van der Waals surface area contributed by atoms with Gasteiger partial charge in [0.05, 0.1) is 7.11 Å². The number of carbonyl (C=O) groups excluding carboxylic acids is 1. The molecule has 1 aliphatic rings. The molecule has 0 saturated carbocycles. The lowest BCUT2D eigenvalue weighted by atomic mass is 10.1. The van der Waals surface area contributed by atoms with Crippen LogP contribution in [0.4, 0.5) is 0 Å². The van der Waals surface area contributed by atoms with Gasteiger partial charge in [-0.3, -0.25) is 4.99 Å². The second kappa shape index (κ2) is 3.86. The van der Waals surface area contributed by atoms with Crippen LogP contribution in [0, 0.1) is 0 Å². The largest absolute Gasteiger partial charge is 0.467 e. The Hall–Kier alpha value is -0.250. The molecule has 0 aromatic heterocycles. The van der Waals surface area contributed by atoms with Crippen molar-refractivity contribution < 1.29 is 9.53 Å². The third-order valence-electron chi connectivity index (χ3n) is 1.48. The fourth-order valence-corrected chi connectivity index (χ4v) is 1.41. The Morgan fingerprint density at radius 1 is 1.69 bits per heavy atom. The number of halogens is 3. The van der Waals surface area contributed by atoms with E-state index in [1.807, 2.05) is 0 Å². The monoisotopic (exact) mass is 241 g/mol. The Morgan fingerprint density at radius 3 is 2.85 bits per heavy atom. The van der Waals surface area contributed by atoms with Gasteiger partial charge >= 0.3 is 5.97 Å². The van der Waals surface area contributed by atoms with Gasteiger partial charge in [-0.25, -0.2) is 4.79 Å². The molecule has 0 spiro atoms. The highest BCUT2D eigenvalue weighted by Gasteiger charge is 2.40. The van der Waals surface area contributed by atoms with Gasteiger partial charge in [0.15, 0.2) is 10.4 Å². The van der Waals surface area contributed by atoms with Gasteiger partial charge in [0, 0.05) is 0 Å². The summed E-state index contributed by atoms with van der Waals surface area (Å²) in [5.74, 6) is -0.618. The third kappa shape index (κ3) is 2.36. The van der Waals surface area contributed by atoms with Crippen LogP contribution >= 0.6 is 34.8 Å². The normalized spacial score (nSPS) is 25.2. The number of methoxy groups -OCH3 is 1. The highest BCUT2D eigenvalue weighted by molar-refractivity contribution is 6.69. The minimum atomic E-state index is -1.38. The maximum Gasteiger partial charge on any atom is 0.334 e. The molecule has 13 heavy (non-hydrogen) atoms. The Morgan fingerprint density at radius 2 is 2.31 bits per heavy atom. The molecule has 0 N–H and O–H groups in total. The molecule has 0 aromatic carbocycles. The molecule has 1 unspecified atom stereocenters. The Balaban J connectivity index is 2.94. The molecule has 1 atom stereocenters. The molecule has 0 fully saturated rings. The van der Waals surface area contributed by atoms with E-state index in [1.54, 1.807) is 0 Å². The number of nitrogens with zero attached hydrogens (tertiary/aromatic N) is 1. The van der Waals surface area contributed by atoms with E-state index in [4.69, 9.17) is 34.8 Å². The maximum absolute atomic E-state index is 11.1. The molecule has 72 valence electrons. The third-order valence-corrected chi connectivity index (χ3v) is 2.37. The standard InChI is InChI=1S/C7H6Cl3NO2/c1-13-6(12)5-7(9,10)3-2-4(8)11-5/h2-3,5H,1H3. The van der Waals surface area contributed by atoms with Crippen LogP contribution in [0.1, 0.15) is 0 Å². The molecule has 0 radical (unpaired) electrons. The van der Waals surface area contributed by atoms with Gasteiger partial charge in [0.2, 0.25) is 0 Å². The summed E-state index contributed by atoms with van der Waals surface area (Å²) in [6.45, 7) is 0. The topological polar surface area (TPSA) is 38.7 Å². The SMILES string of the molecule is COC(=O)C1N=C(Cl)C=CC1(Cl)Cl. The predicted molar refractivity (Wildman–Crippen MR) is 52.7 cm³/mol. The molecule has 0 saturated heterocycles. The smallest absolute Gasteiger partial charge is 0.334 e. The summed E-state index contributed by atoms with van der Waals surface area (Å²) in [5, 5.41) is 0.173. The van der Waals surface area contributed by atoms with E-state index < -0.39 is 16.3 Å². The lowest BCUT2D eigenvalue weighted by molar-refractivity contribution is -0.142. The number of esters is 1. The van der Waals surface area contributed by atoms with E-state index in [-0.39, 0.29) is 5.17 Å². The quantitative estimate of drug-likeness (QED) is 0.520. The van der Waals surface area contributed by atoms with Gasteiger partial charge < -0.3 is 4.74 Å². The van der Waals surface area contributed by atoms with Crippen molar-refractivity contribution in [2.24, 2.45) is 4.99 Å². The molecule has 0 amide bonds. The first-order valence-electron chi connectivity index (χ1n) is 3.35. The number of aliphatic imine (C=N–C) groups is 1. The van der Waals surface area contributed by atoms with Gasteiger partial charge in [0.1, 0.15) is 5.17 Å². The van der Waals surface area contributed by atoms with Crippen LogP contribution in [0.25, 0.3) is 0 Å². The minimum Gasteiger partial charge on any atom is -0.467 e. The summed E-state index contributed by atoms with van der Waals surface area (Å²) in [4.78, 5) is 14.9. The number of alkyl halides is 2. The first-order chi connectivity index (χ1) is 5.97. The Kier molecular flexibility index (Phi) is 3.22. The first-order valence-corrected chi connectivity index (χ1v) is 4.49. The summed E-state index contributed by atoms with van der Waals surface area (Å²) < 4.78 is 3.08. The van der Waals surface area contributed by atoms with E-state index in [0.717, 1.165) is 0 Å². The van der Waals surface area contributed by atoms with Crippen LogP contribution in [0.5, 0.6) is 0 Å². The Bertz CT molecular complexity index is 285. The number of rotatable bonds is 1. The van der Waals surface area contributed by atoms with Crippen LogP contribution in [0.15, 0.2) is 17.1 Å². The van der Waals surface area contributed by atoms with Crippen molar-refractivity contribution >= 4 is 45.9 Å². The molecule has 0 bridgehead atoms. The number of hydrogen-bond acceptors (Lipinski definition) is 3. The average molecular weight is 242 g/mol. The van der Waals surface area contributed by atoms with E-state index in [1.165, 1.54) is 19.3 Å². The molecule has 3 nitrogen and oxygen atoms in total. The van der Waals surface area contributed by atoms with Crippen LogP contribution in [0.3, 0.4) is 0 Å². The van der Waals surface area contributed by atoms with Crippen molar-refractivity contribution in [2.75, 3.05) is 7.11 Å². The molecule has 0 aliphatic carbocycles. The highest BCUT2D eigenvalue weighted by Crippen LogP contribution is 2.33. The zero-order valence-electron chi connectivity index (χ0n) is 6.63. The predicted octanol–water partition coefficient (Wildman–Crippen LogP) is 1.91.